The summed E-state index contributed by atoms with van der Waals surface area (Å²) in [5, 5.41) is 2.86. The molecule has 5 heteroatoms. The van der Waals surface area contributed by atoms with Crippen LogP contribution in [0.3, 0.4) is 0 Å². The van der Waals surface area contributed by atoms with Gasteiger partial charge in [-0.25, -0.2) is 0 Å². The maximum absolute atomic E-state index is 13.3. The molecule has 142 valence electrons. The van der Waals surface area contributed by atoms with Gasteiger partial charge >= 0.3 is 0 Å². The van der Waals surface area contributed by atoms with E-state index in [1.54, 1.807) is 0 Å². The van der Waals surface area contributed by atoms with Crippen molar-refractivity contribution in [2.24, 2.45) is 5.41 Å². The van der Waals surface area contributed by atoms with Gasteiger partial charge in [0, 0.05) is 32.7 Å². The molecule has 2 heterocycles. The van der Waals surface area contributed by atoms with Gasteiger partial charge < -0.3 is 15.0 Å². The van der Waals surface area contributed by atoms with Gasteiger partial charge in [0.05, 0.1) is 11.5 Å². The van der Waals surface area contributed by atoms with Crippen molar-refractivity contribution in [3.05, 3.63) is 35.4 Å². The topological polar surface area (TPSA) is 58.6 Å². The fraction of sp³-hybridized carbons (Fsp3) is 0.619. The molecular formula is C21H30N2O3. The zero-order valence-electron chi connectivity index (χ0n) is 15.9. The molecule has 2 fully saturated rings. The van der Waals surface area contributed by atoms with Gasteiger partial charge in [0.1, 0.15) is 0 Å². The lowest BCUT2D eigenvalue weighted by Crippen LogP contribution is -2.53. The van der Waals surface area contributed by atoms with E-state index in [2.05, 4.69) is 36.5 Å². The Morgan fingerprint density at radius 3 is 2.73 bits per heavy atom. The number of nitrogens with one attached hydrogen (secondary N) is 1. The number of carbonyl (C=O) groups is 2. The highest BCUT2D eigenvalue weighted by Crippen LogP contribution is 2.29. The number of ether oxygens (including phenoxy) is 1. The third-order valence-electron chi connectivity index (χ3n) is 5.62. The van der Waals surface area contributed by atoms with E-state index in [-0.39, 0.29) is 17.9 Å². The summed E-state index contributed by atoms with van der Waals surface area (Å²) in [4.78, 5) is 26.8. The van der Waals surface area contributed by atoms with E-state index < -0.39 is 5.41 Å². The molecule has 1 aromatic rings. The predicted octanol–water partition coefficient (Wildman–Crippen LogP) is 2.46. The van der Waals surface area contributed by atoms with Crippen LogP contribution >= 0.6 is 0 Å². The molecule has 0 saturated carbocycles. The number of hydrogen-bond donors (Lipinski definition) is 1. The molecule has 0 bridgehead atoms. The van der Waals surface area contributed by atoms with Crippen LogP contribution in [0.4, 0.5) is 0 Å². The number of nitrogens with zero attached hydrogens (tertiary/aromatic N) is 1. The molecule has 26 heavy (non-hydrogen) atoms. The van der Waals surface area contributed by atoms with Gasteiger partial charge in [-0.05, 0) is 45.1 Å². The number of hydrogen-bond acceptors (Lipinski definition) is 3. The van der Waals surface area contributed by atoms with Crippen LogP contribution in [0.15, 0.2) is 24.3 Å². The molecule has 0 aromatic heterocycles. The van der Waals surface area contributed by atoms with Crippen LogP contribution in [-0.2, 0) is 20.7 Å². The molecule has 2 aliphatic heterocycles. The van der Waals surface area contributed by atoms with Gasteiger partial charge in [-0.1, -0.05) is 29.8 Å². The Hall–Kier alpha value is -1.88. The zero-order chi connectivity index (χ0) is 18.6. The highest BCUT2D eigenvalue weighted by atomic mass is 16.5. The Labute approximate surface area is 156 Å². The first-order valence-corrected chi connectivity index (χ1v) is 9.69. The number of benzene rings is 1. The van der Waals surface area contributed by atoms with E-state index in [1.807, 2.05) is 11.8 Å². The summed E-state index contributed by atoms with van der Waals surface area (Å²) in [6.07, 6.45) is 4.10. The van der Waals surface area contributed by atoms with E-state index in [4.69, 9.17) is 4.74 Å². The highest BCUT2D eigenvalue weighted by Gasteiger charge is 2.40. The lowest BCUT2D eigenvalue weighted by molar-refractivity contribution is -0.145. The zero-order valence-corrected chi connectivity index (χ0v) is 15.9. The lowest BCUT2D eigenvalue weighted by Gasteiger charge is -2.38. The molecule has 1 N–H and O–H groups in total. The van der Waals surface area contributed by atoms with E-state index in [0.717, 1.165) is 25.9 Å². The van der Waals surface area contributed by atoms with E-state index in [9.17, 15) is 9.59 Å². The smallest absolute Gasteiger partial charge is 0.230 e. The maximum atomic E-state index is 13.3. The minimum absolute atomic E-state index is 0.0422. The quantitative estimate of drug-likeness (QED) is 0.850. The summed E-state index contributed by atoms with van der Waals surface area (Å²) in [6, 6.07) is 8.48. The standard InChI is InChI=1S/C21H30N2O3/c1-16-5-7-17(8-6-16)10-12-23(14-18-4-3-13-26-18)20(25)21(2)11-9-19(24)22-15-21/h5-8,18H,3-4,9-15H2,1-2H3,(H,22,24). The Kier molecular flexibility index (Phi) is 5.97. The summed E-state index contributed by atoms with van der Waals surface area (Å²) >= 11 is 0. The van der Waals surface area contributed by atoms with Crippen molar-refractivity contribution in [3.8, 4) is 0 Å². The van der Waals surface area contributed by atoms with Crippen LogP contribution in [0.5, 0.6) is 0 Å². The normalized spacial score (nSPS) is 25.8. The molecule has 1 aromatic carbocycles. The molecule has 2 amide bonds. The van der Waals surface area contributed by atoms with Gasteiger partial charge in [-0.15, -0.1) is 0 Å². The summed E-state index contributed by atoms with van der Waals surface area (Å²) in [5.74, 6) is 0.181. The molecule has 2 saturated heterocycles. The van der Waals surface area contributed by atoms with Crippen molar-refractivity contribution in [3.63, 3.8) is 0 Å². The summed E-state index contributed by atoms with van der Waals surface area (Å²) < 4.78 is 5.78. The highest BCUT2D eigenvalue weighted by molar-refractivity contribution is 5.86. The Balaban J connectivity index is 1.68. The molecule has 0 radical (unpaired) electrons. The fourth-order valence-electron chi connectivity index (χ4n) is 3.75. The summed E-state index contributed by atoms with van der Waals surface area (Å²) in [5.41, 5.74) is 1.97. The first-order chi connectivity index (χ1) is 12.5. The average molecular weight is 358 g/mol. The van der Waals surface area contributed by atoms with E-state index >= 15 is 0 Å². The second-order valence-corrected chi connectivity index (χ2v) is 7.96. The van der Waals surface area contributed by atoms with Crippen LogP contribution in [-0.4, -0.2) is 49.1 Å². The Morgan fingerprint density at radius 1 is 1.35 bits per heavy atom. The molecule has 0 spiro atoms. The first-order valence-electron chi connectivity index (χ1n) is 9.69. The first kappa shape index (κ1) is 18.9. The molecule has 5 nitrogen and oxygen atoms in total. The molecule has 3 rings (SSSR count). The maximum Gasteiger partial charge on any atom is 0.230 e. The van der Waals surface area contributed by atoms with Gasteiger partial charge in [-0.3, -0.25) is 9.59 Å². The van der Waals surface area contributed by atoms with Crippen molar-refractivity contribution < 1.29 is 14.3 Å². The second kappa shape index (κ2) is 8.21. The third kappa shape index (κ3) is 4.64. The number of piperidine rings is 1. The number of carbonyl (C=O) groups excluding carboxylic acids is 2. The second-order valence-electron chi connectivity index (χ2n) is 7.96. The van der Waals surface area contributed by atoms with Crippen LogP contribution in [0, 0.1) is 12.3 Å². The minimum Gasteiger partial charge on any atom is -0.376 e. The molecule has 2 unspecified atom stereocenters. The molecule has 2 aliphatic rings. The monoisotopic (exact) mass is 358 g/mol. The van der Waals surface area contributed by atoms with E-state index in [1.165, 1.54) is 11.1 Å². The third-order valence-corrected chi connectivity index (χ3v) is 5.62. The molecule has 0 aliphatic carbocycles. The number of amides is 2. The lowest BCUT2D eigenvalue weighted by atomic mass is 9.81. The van der Waals surface area contributed by atoms with Crippen molar-refractivity contribution in [2.75, 3.05) is 26.2 Å². The minimum atomic E-state index is -0.514. The largest absolute Gasteiger partial charge is 0.376 e. The molecule has 2 atom stereocenters. The van der Waals surface area contributed by atoms with Crippen molar-refractivity contribution in [1.29, 1.82) is 0 Å². The van der Waals surface area contributed by atoms with Crippen LogP contribution in [0.25, 0.3) is 0 Å². The summed E-state index contributed by atoms with van der Waals surface area (Å²) in [7, 11) is 0. The van der Waals surface area contributed by atoms with Crippen molar-refractivity contribution >= 4 is 11.8 Å². The van der Waals surface area contributed by atoms with Crippen LogP contribution in [0.1, 0.15) is 43.7 Å². The fourth-order valence-corrected chi connectivity index (χ4v) is 3.75. The van der Waals surface area contributed by atoms with E-state index in [0.29, 0.717) is 32.5 Å². The van der Waals surface area contributed by atoms with Gasteiger partial charge in [0.2, 0.25) is 11.8 Å². The van der Waals surface area contributed by atoms with Gasteiger partial charge in [0.25, 0.3) is 0 Å². The van der Waals surface area contributed by atoms with Gasteiger partial charge in [-0.2, -0.15) is 0 Å². The van der Waals surface area contributed by atoms with Gasteiger partial charge in [0.15, 0.2) is 0 Å². The Bertz CT molecular complexity index is 625. The van der Waals surface area contributed by atoms with Crippen LogP contribution in [0.2, 0.25) is 0 Å². The summed E-state index contributed by atoms with van der Waals surface area (Å²) in [6.45, 7) is 6.60. The SMILES string of the molecule is Cc1ccc(CCN(CC2CCCO2)C(=O)C2(C)CCC(=O)NC2)cc1. The average Bonchev–Trinajstić information content (AvgIpc) is 3.15. The van der Waals surface area contributed by atoms with Crippen LogP contribution < -0.4 is 5.32 Å². The number of rotatable bonds is 6. The van der Waals surface area contributed by atoms with Crippen molar-refractivity contribution in [1.82, 2.24) is 10.2 Å². The predicted molar refractivity (Wildman–Crippen MR) is 101 cm³/mol. The van der Waals surface area contributed by atoms with Crippen molar-refractivity contribution in [2.45, 2.75) is 52.1 Å². The Morgan fingerprint density at radius 2 is 2.12 bits per heavy atom. The molecular weight excluding hydrogens is 328 g/mol. The number of aryl methyl sites for hydroxylation is 1.